The number of hydrogen-bond acceptors (Lipinski definition) is 6. The molecule has 8 heteroatoms. The maximum absolute atomic E-state index is 6.00. The van der Waals surface area contributed by atoms with Crippen molar-refractivity contribution in [3.8, 4) is 5.95 Å². The largest absolute Gasteiger partial charge is 0.372 e. The normalized spacial score (nSPS) is 18.2. The Kier molecular flexibility index (Phi) is 3.31. The third kappa shape index (κ3) is 2.73. The second-order valence-electron chi connectivity index (χ2n) is 5.18. The van der Waals surface area contributed by atoms with Crippen molar-refractivity contribution in [2.75, 3.05) is 24.6 Å². The third-order valence-corrected chi connectivity index (χ3v) is 3.17. The predicted molar refractivity (Wildman–Crippen MR) is 74.2 cm³/mol. The lowest BCUT2D eigenvalue weighted by molar-refractivity contribution is -0.0281. The Morgan fingerprint density at radius 2 is 2.05 bits per heavy atom. The number of rotatable bonds is 2. The van der Waals surface area contributed by atoms with Crippen molar-refractivity contribution in [1.82, 2.24) is 24.7 Å². The van der Waals surface area contributed by atoms with E-state index in [1.807, 2.05) is 18.7 Å². The van der Waals surface area contributed by atoms with Gasteiger partial charge >= 0.3 is 0 Å². The molecule has 0 N–H and O–H groups in total. The minimum absolute atomic E-state index is 0.157. The topological polar surface area (TPSA) is 69.0 Å². The summed E-state index contributed by atoms with van der Waals surface area (Å²) in [5.41, 5.74) is -0.233. The summed E-state index contributed by atoms with van der Waals surface area (Å²) in [6, 6.07) is 1.80. The Morgan fingerprint density at radius 3 is 2.75 bits per heavy atom. The van der Waals surface area contributed by atoms with Gasteiger partial charge in [0.2, 0.25) is 11.2 Å². The van der Waals surface area contributed by atoms with Gasteiger partial charge in [-0.1, -0.05) is 0 Å². The van der Waals surface area contributed by atoms with Crippen LogP contribution in [-0.2, 0) is 4.74 Å². The summed E-state index contributed by atoms with van der Waals surface area (Å²) in [6.07, 6.45) is 3.42. The minimum atomic E-state index is -0.233. The minimum Gasteiger partial charge on any atom is -0.372 e. The summed E-state index contributed by atoms with van der Waals surface area (Å²) in [4.78, 5) is 14.8. The van der Waals surface area contributed by atoms with Gasteiger partial charge in [0.1, 0.15) is 0 Å². The Morgan fingerprint density at radius 1 is 1.25 bits per heavy atom. The Balaban J connectivity index is 1.94. The number of ether oxygens (including phenoxy) is 1. The zero-order chi connectivity index (χ0) is 14.2. The van der Waals surface area contributed by atoms with Gasteiger partial charge in [-0.05, 0) is 31.5 Å². The number of nitrogens with zero attached hydrogens (tertiary/aromatic N) is 6. The average molecular weight is 295 g/mol. The van der Waals surface area contributed by atoms with Gasteiger partial charge in [-0.3, -0.25) is 0 Å². The average Bonchev–Trinajstić information content (AvgIpc) is 2.90. The smallest absolute Gasteiger partial charge is 0.256 e. The number of aromatic nitrogens is 5. The van der Waals surface area contributed by atoms with Crippen LogP contribution in [0.2, 0.25) is 5.28 Å². The molecule has 1 fully saturated rings. The highest BCUT2D eigenvalue weighted by Gasteiger charge is 2.29. The quantitative estimate of drug-likeness (QED) is 0.832. The SMILES string of the molecule is CC1(C)CN(c2nc(Cl)nc(-n3cccn3)n2)CCO1. The molecule has 0 atom stereocenters. The molecule has 0 amide bonds. The van der Waals surface area contributed by atoms with Gasteiger partial charge in [-0.15, -0.1) is 0 Å². The standard InChI is InChI=1S/C12H15ClN6O/c1-12(2)8-18(6-7-20-12)10-15-9(13)16-11(17-10)19-5-3-4-14-19/h3-5H,6-8H2,1-2H3. The van der Waals surface area contributed by atoms with Gasteiger partial charge in [0.05, 0.1) is 12.2 Å². The third-order valence-electron chi connectivity index (χ3n) is 3.00. The number of halogens is 1. The lowest BCUT2D eigenvalue weighted by Gasteiger charge is -2.38. The van der Waals surface area contributed by atoms with Crippen LogP contribution in [0.3, 0.4) is 0 Å². The molecule has 20 heavy (non-hydrogen) atoms. The van der Waals surface area contributed by atoms with Crippen LogP contribution in [0.5, 0.6) is 0 Å². The van der Waals surface area contributed by atoms with Crippen molar-refractivity contribution in [2.45, 2.75) is 19.4 Å². The Hall–Kier alpha value is -1.73. The van der Waals surface area contributed by atoms with Crippen LogP contribution < -0.4 is 4.90 Å². The summed E-state index contributed by atoms with van der Waals surface area (Å²) in [5, 5.41) is 4.26. The Bertz CT molecular complexity index is 600. The molecule has 1 aliphatic heterocycles. The molecule has 7 nitrogen and oxygen atoms in total. The van der Waals surface area contributed by atoms with E-state index in [1.54, 1.807) is 23.1 Å². The first kappa shape index (κ1) is 13.3. The first-order valence-electron chi connectivity index (χ1n) is 6.34. The first-order valence-corrected chi connectivity index (χ1v) is 6.72. The molecule has 2 aromatic heterocycles. The fourth-order valence-corrected chi connectivity index (χ4v) is 2.30. The van der Waals surface area contributed by atoms with Crippen LogP contribution in [0.25, 0.3) is 5.95 Å². The highest BCUT2D eigenvalue weighted by Crippen LogP contribution is 2.21. The number of hydrogen-bond donors (Lipinski definition) is 0. The van der Waals surface area contributed by atoms with Crippen LogP contribution in [0.4, 0.5) is 5.95 Å². The van der Waals surface area contributed by atoms with Crippen molar-refractivity contribution >= 4 is 17.5 Å². The van der Waals surface area contributed by atoms with Crippen molar-refractivity contribution in [2.24, 2.45) is 0 Å². The molecule has 0 aromatic carbocycles. The molecular weight excluding hydrogens is 280 g/mol. The molecule has 0 saturated carbocycles. The van der Waals surface area contributed by atoms with Gasteiger partial charge in [0.25, 0.3) is 5.95 Å². The monoisotopic (exact) mass is 294 g/mol. The van der Waals surface area contributed by atoms with E-state index in [2.05, 4.69) is 20.1 Å². The van der Waals surface area contributed by atoms with Crippen LogP contribution in [0.15, 0.2) is 18.5 Å². The van der Waals surface area contributed by atoms with Crippen LogP contribution in [0.1, 0.15) is 13.8 Å². The van der Waals surface area contributed by atoms with Gasteiger partial charge in [0, 0.05) is 25.5 Å². The van der Waals surface area contributed by atoms with Gasteiger partial charge < -0.3 is 9.64 Å². The maximum atomic E-state index is 6.00. The number of anilines is 1. The van der Waals surface area contributed by atoms with E-state index < -0.39 is 0 Å². The molecular formula is C12H15ClN6O. The summed E-state index contributed by atoms with van der Waals surface area (Å²) in [7, 11) is 0. The number of morpholine rings is 1. The van der Waals surface area contributed by atoms with Gasteiger partial charge in [-0.2, -0.15) is 20.1 Å². The van der Waals surface area contributed by atoms with E-state index in [9.17, 15) is 0 Å². The second kappa shape index (κ2) is 4.99. The van der Waals surface area contributed by atoms with E-state index in [0.717, 1.165) is 6.54 Å². The zero-order valence-corrected chi connectivity index (χ0v) is 12.1. The van der Waals surface area contributed by atoms with Crippen molar-refractivity contribution < 1.29 is 4.74 Å². The molecule has 0 radical (unpaired) electrons. The predicted octanol–water partition coefficient (Wildman–Crippen LogP) is 1.33. The van der Waals surface area contributed by atoms with Crippen LogP contribution >= 0.6 is 11.6 Å². The van der Waals surface area contributed by atoms with E-state index in [4.69, 9.17) is 16.3 Å². The van der Waals surface area contributed by atoms with E-state index in [-0.39, 0.29) is 10.9 Å². The van der Waals surface area contributed by atoms with Crippen molar-refractivity contribution in [3.63, 3.8) is 0 Å². The molecule has 3 heterocycles. The van der Waals surface area contributed by atoms with E-state index in [0.29, 0.717) is 25.0 Å². The van der Waals surface area contributed by atoms with Gasteiger partial charge in [-0.25, -0.2) is 4.68 Å². The zero-order valence-electron chi connectivity index (χ0n) is 11.3. The van der Waals surface area contributed by atoms with Crippen LogP contribution in [-0.4, -0.2) is 50.0 Å². The summed E-state index contributed by atoms with van der Waals surface area (Å²) in [5.74, 6) is 0.959. The van der Waals surface area contributed by atoms with Crippen molar-refractivity contribution in [3.05, 3.63) is 23.7 Å². The highest BCUT2D eigenvalue weighted by atomic mass is 35.5. The summed E-state index contributed by atoms with van der Waals surface area (Å²) < 4.78 is 7.24. The van der Waals surface area contributed by atoms with E-state index in [1.165, 1.54) is 0 Å². The highest BCUT2D eigenvalue weighted by molar-refractivity contribution is 6.28. The summed E-state index contributed by atoms with van der Waals surface area (Å²) in [6.45, 7) is 6.13. The molecule has 1 saturated heterocycles. The molecule has 1 aliphatic rings. The van der Waals surface area contributed by atoms with Crippen LogP contribution in [0, 0.1) is 0 Å². The first-order chi connectivity index (χ1) is 9.53. The molecule has 0 unspecified atom stereocenters. The Labute approximate surface area is 121 Å². The van der Waals surface area contributed by atoms with Gasteiger partial charge in [0.15, 0.2) is 0 Å². The lowest BCUT2D eigenvalue weighted by atomic mass is 10.1. The molecule has 0 aliphatic carbocycles. The molecule has 3 rings (SSSR count). The lowest BCUT2D eigenvalue weighted by Crippen LogP contribution is -2.49. The molecule has 0 spiro atoms. The molecule has 106 valence electrons. The van der Waals surface area contributed by atoms with E-state index >= 15 is 0 Å². The second-order valence-corrected chi connectivity index (χ2v) is 5.52. The van der Waals surface area contributed by atoms with Crippen molar-refractivity contribution in [1.29, 1.82) is 0 Å². The molecule has 2 aromatic rings. The fraction of sp³-hybridized carbons (Fsp3) is 0.500. The molecule has 0 bridgehead atoms. The fourth-order valence-electron chi connectivity index (χ4n) is 2.15. The maximum Gasteiger partial charge on any atom is 0.256 e. The summed E-state index contributed by atoms with van der Waals surface area (Å²) >= 11 is 6.00.